The summed E-state index contributed by atoms with van der Waals surface area (Å²) in [6.07, 6.45) is -1.34. The molecule has 5 nitrogen and oxygen atoms in total. The van der Waals surface area contributed by atoms with Gasteiger partial charge in [0.15, 0.2) is 0 Å². The van der Waals surface area contributed by atoms with Crippen molar-refractivity contribution in [2.75, 3.05) is 5.33 Å². The second-order valence-electron chi connectivity index (χ2n) is 3.59. The number of nitrogen functional groups attached to an aromatic ring is 1. The summed E-state index contributed by atoms with van der Waals surface area (Å²) < 4.78 is 0. The van der Waals surface area contributed by atoms with Crippen molar-refractivity contribution in [1.82, 2.24) is 5.43 Å². The molecule has 94 valence electrons. The van der Waals surface area contributed by atoms with E-state index >= 15 is 0 Å². The summed E-state index contributed by atoms with van der Waals surface area (Å²) in [5, 5.41) is 20.0. The van der Waals surface area contributed by atoms with Crippen LogP contribution in [0.3, 0.4) is 0 Å². The first-order valence-corrected chi connectivity index (χ1v) is 6.25. The van der Waals surface area contributed by atoms with Gasteiger partial charge in [0.2, 0.25) is 0 Å². The number of alkyl halides is 1. The highest BCUT2D eigenvalue weighted by Gasteiger charge is 2.17. The largest absolute Gasteiger partial charge is 0.390 e. The Balaban J connectivity index is 2.76. The third-order valence-corrected chi connectivity index (χ3v) is 2.87. The van der Waals surface area contributed by atoms with E-state index in [0.717, 1.165) is 0 Å². The number of halogens is 1. The standard InChI is InChI=1S/C11H15BrN2O3/c12-6-5-9(15)10(16)7-1-3-8(4-2-7)11(17)14-13/h1-4,9-10,15-16H,5-6,13H2,(H,14,17). The van der Waals surface area contributed by atoms with Gasteiger partial charge in [0.1, 0.15) is 6.10 Å². The van der Waals surface area contributed by atoms with Crippen molar-refractivity contribution in [2.24, 2.45) is 5.84 Å². The summed E-state index contributed by atoms with van der Waals surface area (Å²) >= 11 is 3.19. The van der Waals surface area contributed by atoms with E-state index in [2.05, 4.69) is 15.9 Å². The molecule has 0 aliphatic carbocycles. The molecule has 1 aromatic rings. The van der Waals surface area contributed by atoms with Gasteiger partial charge in [-0.05, 0) is 24.1 Å². The lowest BCUT2D eigenvalue weighted by molar-refractivity contribution is 0.0173. The molecule has 6 heteroatoms. The molecular weight excluding hydrogens is 288 g/mol. The average Bonchev–Trinajstić information content (AvgIpc) is 2.37. The monoisotopic (exact) mass is 302 g/mol. The smallest absolute Gasteiger partial charge is 0.265 e. The van der Waals surface area contributed by atoms with E-state index in [1.54, 1.807) is 24.3 Å². The Bertz CT molecular complexity index is 369. The number of nitrogens with two attached hydrogens (primary N) is 1. The Hall–Kier alpha value is -0.950. The number of rotatable bonds is 5. The number of carbonyl (C=O) groups excluding carboxylic acids is 1. The Morgan fingerprint density at radius 3 is 2.41 bits per heavy atom. The fourth-order valence-corrected chi connectivity index (χ4v) is 1.88. The van der Waals surface area contributed by atoms with Gasteiger partial charge in [-0.3, -0.25) is 10.2 Å². The van der Waals surface area contributed by atoms with Crippen molar-refractivity contribution in [3.8, 4) is 0 Å². The van der Waals surface area contributed by atoms with Gasteiger partial charge in [-0.15, -0.1) is 0 Å². The van der Waals surface area contributed by atoms with Gasteiger partial charge in [0.05, 0.1) is 6.10 Å². The zero-order chi connectivity index (χ0) is 12.8. The summed E-state index contributed by atoms with van der Waals surface area (Å²) in [6, 6.07) is 6.27. The first-order valence-electron chi connectivity index (χ1n) is 5.13. The minimum atomic E-state index is -0.956. The maximum atomic E-state index is 11.2. The fourth-order valence-electron chi connectivity index (χ4n) is 1.41. The summed E-state index contributed by atoms with van der Waals surface area (Å²) in [7, 11) is 0. The van der Waals surface area contributed by atoms with E-state index in [1.807, 2.05) is 5.43 Å². The number of benzene rings is 1. The topological polar surface area (TPSA) is 95.6 Å². The number of nitrogens with one attached hydrogen (secondary N) is 1. The minimum absolute atomic E-state index is 0.396. The van der Waals surface area contributed by atoms with Gasteiger partial charge >= 0.3 is 0 Å². The van der Waals surface area contributed by atoms with Crippen LogP contribution in [0.5, 0.6) is 0 Å². The molecule has 0 saturated heterocycles. The molecule has 2 unspecified atom stereocenters. The zero-order valence-corrected chi connectivity index (χ0v) is 10.7. The minimum Gasteiger partial charge on any atom is -0.390 e. The highest BCUT2D eigenvalue weighted by atomic mass is 79.9. The second kappa shape index (κ2) is 6.70. The lowest BCUT2D eigenvalue weighted by atomic mass is 10.0. The Morgan fingerprint density at radius 2 is 1.94 bits per heavy atom. The van der Waals surface area contributed by atoms with Crippen molar-refractivity contribution in [2.45, 2.75) is 18.6 Å². The van der Waals surface area contributed by atoms with Crippen molar-refractivity contribution in [3.63, 3.8) is 0 Å². The van der Waals surface area contributed by atoms with Crippen LogP contribution in [0.4, 0.5) is 0 Å². The summed E-state index contributed by atoms with van der Waals surface area (Å²) in [4.78, 5) is 11.2. The molecule has 2 atom stereocenters. The van der Waals surface area contributed by atoms with E-state index < -0.39 is 18.1 Å². The number of hydrogen-bond acceptors (Lipinski definition) is 4. The van der Waals surface area contributed by atoms with Crippen molar-refractivity contribution >= 4 is 21.8 Å². The van der Waals surface area contributed by atoms with E-state index in [-0.39, 0.29) is 0 Å². The predicted molar refractivity (Wildman–Crippen MR) is 67.5 cm³/mol. The second-order valence-corrected chi connectivity index (χ2v) is 4.38. The molecule has 5 N–H and O–H groups in total. The zero-order valence-electron chi connectivity index (χ0n) is 9.14. The Kier molecular flexibility index (Phi) is 5.57. The molecule has 1 amide bonds. The SMILES string of the molecule is NNC(=O)c1ccc(C(O)C(O)CCBr)cc1. The maximum Gasteiger partial charge on any atom is 0.265 e. The molecular formula is C11H15BrN2O3. The fraction of sp³-hybridized carbons (Fsp3) is 0.364. The van der Waals surface area contributed by atoms with Crippen molar-refractivity contribution < 1.29 is 15.0 Å². The van der Waals surface area contributed by atoms with Gasteiger partial charge < -0.3 is 10.2 Å². The maximum absolute atomic E-state index is 11.2. The first kappa shape index (κ1) is 14.1. The van der Waals surface area contributed by atoms with E-state index in [0.29, 0.717) is 22.9 Å². The Morgan fingerprint density at radius 1 is 1.35 bits per heavy atom. The van der Waals surface area contributed by atoms with Gasteiger partial charge in [-0.25, -0.2) is 5.84 Å². The molecule has 0 radical (unpaired) electrons. The molecule has 0 aromatic heterocycles. The van der Waals surface area contributed by atoms with Crippen LogP contribution in [0.15, 0.2) is 24.3 Å². The van der Waals surface area contributed by atoms with Crippen LogP contribution in [-0.4, -0.2) is 27.6 Å². The van der Waals surface area contributed by atoms with Crippen LogP contribution in [0.1, 0.15) is 28.4 Å². The third kappa shape index (κ3) is 3.78. The molecule has 17 heavy (non-hydrogen) atoms. The number of aliphatic hydroxyl groups excluding tert-OH is 2. The number of hydrazine groups is 1. The van der Waals surface area contributed by atoms with Crippen molar-refractivity contribution in [1.29, 1.82) is 0 Å². The van der Waals surface area contributed by atoms with Crippen LogP contribution in [0, 0.1) is 0 Å². The molecule has 0 bridgehead atoms. The molecule has 0 heterocycles. The summed E-state index contributed by atoms with van der Waals surface area (Å²) in [5.41, 5.74) is 2.98. The molecule has 0 fully saturated rings. The molecule has 0 saturated carbocycles. The van der Waals surface area contributed by atoms with E-state index in [1.165, 1.54) is 0 Å². The number of carbonyl (C=O) groups is 1. The normalized spacial score (nSPS) is 14.1. The predicted octanol–water partition coefficient (Wildman–Crippen LogP) is 0.469. The number of aliphatic hydroxyl groups is 2. The van der Waals surface area contributed by atoms with Crippen LogP contribution >= 0.6 is 15.9 Å². The summed E-state index contributed by atoms with van der Waals surface area (Å²) in [5.74, 6) is 4.60. The first-order chi connectivity index (χ1) is 8.10. The number of hydrogen-bond donors (Lipinski definition) is 4. The molecule has 0 aliphatic rings. The molecule has 0 spiro atoms. The van der Waals surface area contributed by atoms with Crippen molar-refractivity contribution in [3.05, 3.63) is 35.4 Å². The van der Waals surface area contributed by atoms with Crippen LogP contribution in [-0.2, 0) is 0 Å². The van der Waals surface area contributed by atoms with E-state index in [4.69, 9.17) is 5.84 Å². The van der Waals surface area contributed by atoms with Gasteiger partial charge in [0.25, 0.3) is 5.91 Å². The quantitative estimate of drug-likeness (QED) is 0.275. The third-order valence-electron chi connectivity index (χ3n) is 2.41. The van der Waals surface area contributed by atoms with Gasteiger partial charge in [-0.2, -0.15) is 0 Å². The lowest BCUT2D eigenvalue weighted by Crippen LogP contribution is -2.30. The number of amides is 1. The molecule has 0 aliphatic heterocycles. The molecule has 1 rings (SSSR count). The van der Waals surface area contributed by atoms with Crippen LogP contribution < -0.4 is 11.3 Å². The molecule has 1 aromatic carbocycles. The Labute approximate surface area is 108 Å². The highest BCUT2D eigenvalue weighted by molar-refractivity contribution is 9.09. The average molecular weight is 303 g/mol. The van der Waals surface area contributed by atoms with E-state index in [9.17, 15) is 15.0 Å². The summed E-state index contributed by atoms with van der Waals surface area (Å²) in [6.45, 7) is 0. The van der Waals surface area contributed by atoms with Crippen LogP contribution in [0.25, 0.3) is 0 Å². The highest BCUT2D eigenvalue weighted by Crippen LogP contribution is 2.19. The van der Waals surface area contributed by atoms with Gasteiger partial charge in [0, 0.05) is 10.9 Å². The van der Waals surface area contributed by atoms with Crippen LogP contribution in [0.2, 0.25) is 0 Å². The lowest BCUT2D eigenvalue weighted by Gasteiger charge is -2.17. The van der Waals surface area contributed by atoms with Gasteiger partial charge in [-0.1, -0.05) is 28.1 Å².